The molecule has 2 N–H and O–H groups in total. The third kappa shape index (κ3) is 3.79. The molecule has 2 amide bonds. The molecule has 1 heterocycles. The summed E-state index contributed by atoms with van der Waals surface area (Å²) in [4.78, 5) is 24.1. The SMILES string of the molecule is O=C(CC[C@H]1Cc2ccccc2NC1=O)NCc1ccccc1F. The number of benzene rings is 2. The molecule has 0 unspecified atom stereocenters. The van der Waals surface area contributed by atoms with Gasteiger partial charge < -0.3 is 10.6 Å². The Labute approximate surface area is 140 Å². The largest absolute Gasteiger partial charge is 0.352 e. The summed E-state index contributed by atoms with van der Waals surface area (Å²) in [5, 5.41) is 5.58. The Bertz CT molecular complexity index is 761. The van der Waals surface area contributed by atoms with E-state index in [0.717, 1.165) is 11.3 Å². The molecule has 0 aliphatic carbocycles. The van der Waals surface area contributed by atoms with Gasteiger partial charge in [-0.05, 0) is 30.5 Å². The van der Waals surface area contributed by atoms with Crippen molar-refractivity contribution in [3.05, 3.63) is 65.5 Å². The van der Waals surface area contributed by atoms with Crippen LogP contribution >= 0.6 is 0 Å². The number of para-hydroxylation sites is 1. The van der Waals surface area contributed by atoms with Gasteiger partial charge >= 0.3 is 0 Å². The van der Waals surface area contributed by atoms with Crippen molar-refractivity contribution >= 4 is 17.5 Å². The maximum absolute atomic E-state index is 13.5. The van der Waals surface area contributed by atoms with E-state index in [1.54, 1.807) is 18.2 Å². The topological polar surface area (TPSA) is 58.2 Å². The van der Waals surface area contributed by atoms with Crippen molar-refractivity contribution in [2.45, 2.75) is 25.8 Å². The molecule has 0 saturated carbocycles. The molecule has 0 bridgehead atoms. The summed E-state index contributed by atoms with van der Waals surface area (Å²) in [7, 11) is 0. The second-order valence-electron chi connectivity index (χ2n) is 5.95. The third-order valence-electron chi connectivity index (χ3n) is 4.27. The van der Waals surface area contributed by atoms with E-state index in [1.165, 1.54) is 6.07 Å². The minimum absolute atomic E-state index is 0.0457. The van der Waals surface area contributed by atoms with Crippen molar-refractivity contribution < 1.29 is 14.0 Å². The van der Waals surface area contributed by atoms with Gasteiger partial charge in [0.15, 0.2) is 0 Å². The predicted molar refractivity (Wildman–Crippen MR) is 89.7 cm³/mol. The van der Waals surface area contributed by atoms with E-state index in [1.807, 2.05) is 24.3 Å². The summed E-state index contributed by atoms with van der Waals surface area (Å²) in [5.74, 6) is -0.763. The highest BCUT2D eigenvalue weighted by Gasteiger charge is 2.26. The molecule has 0 radical (unpaired) electrons. The van der Waals surface area contributed by atoms with E-state index in [2.05, 4.69) is 10.6 Å². The van der Waals surface area contributed by atoms with Gasteiger partial charge in [-0.2, -0.15) is 0 Å². The molecular weight excluding hydrogens is 307 g/mol. The van der Waals surface area contributed by atoms with Crippen LogP contribution in [0.25, 0.3) is 0 Å². The third-order valence-corrected chi connectivity index (χ3v) is 4.27. The molecular formula is C19H19FN2O2. The molecule has 4 nitrogen and oxygen atoms in total. The van der Waals surface area contributed by atoms with Crippen LogP contribution in [0, 0.1) is 11.7 Å². The number of hydrogen-bond donors (Lipinski definition) is 2. The lowest BCUT2D eigenvalue weighted by atomic mass is 9.89. The zero-order valence-corrected chi connectivity index (χ0v) is 13.2. The lowest BCUT2D eigenvalue weighted by Crippen LogP contribution is -2.31. The highest BCUT2D eigenvalue weighted by molar-refractivity contribution is 5.96. The number of anilines is 1. The number of rotatable bonds is 5. The minimum Gasteiger partial charge on any atom is -0.352 e. The fourth-order valence-corrected chi connectivity index (χ4v) is 2.88. The fraction of sp³-hybridized carbons (Fsp3) is 0.263. The lowest BCUT2D eigenvalue weighted by Gasteiger charge is -2.24. The molecule has 24 heavy (non-hydrogen) atoms. The highest BCUT2D eigenvalue weighted by Crippen LogP contribution is 2.27. The quantitative estimate of drug-likeness (QED) is 0.887. The van der Waals surface area contributed by atoms with Gasteiger partial charge in [-0.1, -0.05) is 36.4 Å². The second kappa shape index (κ2) is 7.25. The number of halogens is 1. The molecule has 1 aliphatic rings. The smallest absolute Gasteiger partial charge is 0.227 e. The average molecular weight is 326 g/mol. The van der Waals surface area contributed by atoms with Crippen LogP contribution < -0.4 is 10.6 Å². The standard InChI is InChI=1S/C19H19FN2O2/c20-16-7-3-1-6-15(16)12-21-18(23)10-9-14-11-13-5-2-4-8-17(13)22-19(14)24/h1-8,14H,9-12H2,(H,21,23)(H,22,24)/t14-/m0/s1. The monoisotopic (exact) mass is 326 g/mol. The summed E-state index contributed by atoms with van der Waals surface area (Å²) < 4.78 is 13.5. The number of hydrogen-bond acceptors (Lipinski definition) is 2. The van der Waals surface area contributed by atoms with Crippen LogP contribution in [0.5, 0.6) is 0 Å². The first kappa shape index (κ1) is 16.2. The molecule has 0 saturated heterocycles. The van der Waals surface area contributed by atoms with Gasteiger partial charge in [-0.15, -0.1) is 0 Å². The Kier molecular flexibility index (Phi) is 4.89. The Morgan fingerprint density at radius 1 is 1.17 bits per heavy atom. The van der Waals surface area contributed by atoms with Crippen LogP contribution in [0.3, 0.4) is 0 Å². The van der Waals surface area contributed by atoms with Crippen LogP contribution in [0.4, 0.5) is 10.1 Å². The molecule has 0 aromatic heterocycles. The summed E-state index contributed by atoms with van der Waals surface area (Å²) in [6.45, 7) is 0.158. The normalized spacial score (nSPS) is 16.2. The lowest BCUT2D eigenvalue weighted by molar-refractivity contribution is -0.122. The van der Waals surface area contributed by atoms with Gasteiger partial charge in [0.1, 0.15) is 5.82 Å². The predicted octanol–water partition coefficient (Wildman–Crippen LogP) is 3.03. The van der Waals surface area contributed by atoms with Gasteiger partial charge in [0.05, 0.1) is 0 Å². The van der Waals surface area contributed by atoms with Crippen molar-refractivity contribution in [3.63, 3.8) is 0 Å². The Hall–Kier alpha value is -2.69. The maximum Gasteiger partial charge on any atom is 0.227 e. The van der Waals surface area contributed by atoms with Crippen molar-refractivity contribution in [2.75, 3.05) is 5.32 Å². The summed E-state index contributed by atoms with van der Waals surface area (Å²) in [6, 6.07) is 14.0. The zero-order chi connectivity index (χ0) is 16.9. The molecule has 124 valence electrons. The molecule has 0 spiro atoms. The van der Waals surface area contributed by atoms with Crippen molar-refractivity contribution in [1.29, 1.82) is 0 Å². The Morgan fingerprint density at radius 2 is 1.92 bits per heavy atom. The second-order valence-corrected chi connectivity index (χ2v) is 5.95. The first-order valence-electron chi connectivity index (χ1n) is 8.02. The van der Waals surface area contributed by atoms with Crippen molar-refractivity contribution in [1.82, 2.24) is 5.32 Å². The minimum atomic E-state index is -0.332. The van der Waals surface area contributed by atoms with E-state index < -0.39 is 0 Å². The van der Waals surface area contributed by atoms with Crippen molar-refractivity contribution in [3.8, 4) is 0 Å². The number of fused-ring (bicyclic) bond motifs is 1. The van der Waals surface area contributed by atoms with E-state index >= 15 is 0 Å². The van der Waals surface area contributed by atoms with Gasteiger partial charge in [0, 0.05) is 30.1 Å². The highest BCUT2D eigenvalue weighted by atomic mass is 19.1. The fourth-order valence-electron chi connectivity index (χ4n) is 2.88. The van der Waals surface area contributed by atoms with Crippen LogP contribution in [-0.4, -0.2) is 11.8 Å². The molecule has 2 aromatic carbocycles. The average Bonchev–Trinajstić information content (AvgIpc) is 2.59. The summed E-state index contributed by atoms with van der Waals surface area (Å²) >= 11 is 0. The van der Waals surface area contributed by atoms with Crippen LogP contribution in [0.2, 0.25) is 0 Å². The number of amides is 2. The Morgan fingerprint density at radius 3 is 2.75 bits per heavy atom. The summed E-state index contributed by atoms with van der Waals surface area (Å²) in [5.41, 5.74) is 2.40. The van der Waals surface area contributed by atoms with Gasteiger partial charge in [0.2, 0.25) is 11.8 Å². The van der Waals surface area contributed by atoms with Gasteiger partial charge in [0.25, 0.3) is 0 Å². The van der Waals surface area contributed by atoms with Gasteiger partial charge in [-0.3, -0.25) is 9.59 Å². The van der Waals surface area contributed by atoms with E-state index in [4.69, 9.17) is 0 Å². The van der Waals surface area contributed by atoms with E-state index in [0.29, 0.717) is 18.4 Å². The Balaban J connectivity index is 1.50. The number of carbonyl (C=O) groups is 2. The van der Waals surface area contributed by atoms with E-state index in [-0.39, 0.29) is 36.5 Å². The van der Waals surface area contributed by atoms with Crippen LogP contribution in [0.1, 0.15) is 24.0 Å². The zero-order valence-electron chi connectivity index (χ0n) is 13.2. The molecule has 3 rings (SSSR count). The van der Waals surface area contributed by atoms with Crippen molar-refractivity contribution in [2.24, 2.45) is 5.92 Å². The summed E-state index contributed by atoms with van der Waals surface area (Å²) in [6.07, 6.45) is 1.36. The molecule has 1 aliphatic heterocycles. The molecule has 5 heteroatoms. The first-order chi connectivity index (χ1) is 11.6. The number of carbonyl (C=O) groups excluding carboxylic acids is 2. The maximum atomic E-state index is 13.5. The molecule has 2 aromatic rings. The molecule has 0 fully saturated rings. The van der Waals surface area contributed by atoms with Gasteiger partial charge in [-0.25, -0.2) is 4.39 Å². The van der Waals surface area contributed by atoms with E-state index in [9.17, 15) is 14.0 Å². The first-order valence-corrected chi connectivity index (χ1v) is 8.02. The van der Waals surface area contributed by atoms with Crippen LogP contribution in [-0.2, 0) is 22.6 Å². The molecule has 1 atom stereocenters. The van der Waals surface area contributed by atoms with Crippen LogP contribution in [0.15, 0.2) is 48.5 Å². The number of nitrogens with one attached hydrogen (secondary N) is 2.